The summed E-state index contributed by atoms with van der Waals surface area (Å²) in [5.41, 5.74) is 2.23. The molecule has 0 fully saturated rings. The lowest BCUT2D eigenvalue weighted by atomic mass is 10.2. The zero-order chi connectivity index (χ0) is 25.2. The normalized spacial score (nSPS) is 10.5. The minimum absolute atomic E-state index is 0.0395. The van der Waals surface area contributed by atoms with Gasteiger partial charge in [-0.1, -0.05) is 30.3 Å². The third-order valence-corrected chi connectivity index (χ3v) is 4.77. The Kier molecular flexibility index (Phi) is 8.34. The maximum atomic E-state index is 12.3. The molecule has 0 heterocycles. The van der Waals surface area contributed by atoms with Crippen LogP contribution in [0.4, 0.5) is 22.7 Å². The summed E-state index contributed by atoms with van der Waals surface area (Å²) < 4.78 is 5.02. The van der Waals surface area contributed by atoms with Crippen molar-refractivity contribution in [3.63, 3.8) is 0 Å². The molecular weight excluding hydrogens is 450 g/mol. The summed E-state index contributed by atoms with van der Waals surface area (Å²) in [5.74, 6) is -0.766. The highest BCUT2D eigenvalue weighted by Crippen LogP contribution is 2.27. The minimum atomic E-state index is -0.586. The molecule has 0 bridgehead atoms. The number of azo groups is 1. The van der Waals surface area contributed by atoms with Crippen LogP contribution in [0.2, 0.25) is 0 Å². The molecule has 176 valence electrons. The fourth-order valence-corrected chi connectivity index (χ4v) is 3.08. The predicted octanol–water partition coefficient (Wildman–Crippen LogP) is 5.02. The number of carbonyl (C=O) groups is 2. The molecule has 0 aliphatic carbocycles. The van der Waals surface area contributed by atoms with Gasteiger partial charge < -0.3 is 9.64 Å². The van der Waals surface area contributed by atoms with Gasteiger partial charge in [0, 0.05) is 24.4 Å². The van der Waals surface area contributed by atoms with E-state index in [1.807, 2.05) is 41.3 Å². The van der Waals surface area contributed by atoms with E-state index in [0.717, 1.165) is 17.3 Å². The van der Waals surface area contributed by atoms with Crippen molar-refractivity contribution in [1.29, 1.82) is 5.26 Å². The van der Waals surface area contributed by atoms with Crippen molar-refractivity contribution < 1.29 is 19.2 Å². The number of ether oxygens (including phenoxy) is 1. The topological polar surface area (TPSA) is 138 Å². The standard InChI is InChI=1S/C25H21N5O5/c1-18(31)17-35-25(32)16-29(15-19-5-3-2-4-6-19)22-9-7-21(8-10-22)27-28-24-12-11-23(30(33)34)13-20(24)14-26/h2-13H,15-17H2,1H3/b28-27+. The largest absolute Gasteiger partial charge is 0.456 e. The molecule has 0 spiro atoms. The van der Waals surface area contributed by atoms with Crippen molar-refractivity contribution in [2.75, 3.05) is 18.1 Å². The van der Waals surface area contributed by atoms with Gasteiger partial charge in [-0.25, -0.2) is 0 Å². The maximum Gasteiger partial charge on any atom is 0.325 e. The Labute approximate surface area is 201 Å². The molecule has 10 heteroatoms. The average molecular weight is 471 g/mol. The Hall–Kier alpha value is -4.91. The summed E-state index contributed by atoms with van der Waals surface area (Å²) in [7, 11) is 0. The number of anilines is 1. The van der Waals surface area contributed by atoms with E-state index in [9.17, 15) is 25.0 Å². The van der Waals surface area contributed by atoms with Gasteiger partial charge in [0.15, 0.2) is 5.78 Å². The number of hydrogen-bond donors (Lipinski definition) is 0. The molecule has 3 aromatic carbocycles. The van der Waals surface area contributed by atoms with Gasteiger partial charge in [-0.05, 0) is 42.8 Å². The molecule has 10 nitrogen and oxygen atoms in total. The Morgan fingerprint density at radius 2 is 1.77 bits per heavy atom. The molecule has 3 aromatic rings. The number of benzene rings is 3. The van der Waals surface area contributed by atoms with E-state index in [1.165, 1.54) is 19.1 Å². The lowest BCUT2D eigenvalue weighted by Crippen LogP contribution is -2.31. The highest BCUT2D eigenvalue weighted by atomic mass is 16.6. The van der Waals surface area contributed by atoms with E-state index in [4.69, 9.17) is 4.74 Å². The van der Waals surface area contributed by atoms with Gasteiger partial charge in [-0.15, -0.1) is 5.11 Å². The molecule has 0 saturated heterocycles. The molecular formula is C25H21N5O5. The number of rotatable bonds is 10. The zero-order valence-electron chi connectivity index (χ0n) is 18.8. The number of esters is 1. The number of ketones is 1. The van der Waals surface area contributed by atoms with Crippen molar-refractivity contribution in [2.24, 2.45) is 10.2 Å². The molecule has 0 aromatic heterocycles. The van der Waals surface area contributed by atoms with Crippen LogP contribution in [0.5, 0.6) is 0 Å². The van der Waals surface area contributed by atoms with Gasteiger partial charge in [0.05, 0.1) is 16.2 Å². The molecule has 0 saturated carbocycles. The van der Waals surface area contributed by atoms with Crippen LogP contribution in [0.15, 0.2) is 83.0 Å². The number of nitro benzene ring substituents is 1. The molecule has 35 heavy (non-hydrogen) atoms. The van der Waals surface area contributed by atoms with Crippen molar-refractivity contribution in [1.82, 2.24) is 0 Å². The van der Waals surface area contributed by atoms with Crippen LogP contribution in [-0.2, 0) is 20.9 Å². The first kappa shape index (κ1) is 24.7. The SMILES string of the molecule is CC(=O)COC(=O)CN(Cc1ccccc1)c1ccc(/N=N/c2ccc([N+](=O)[O-])cc2C#N)cc1. The first-order valence-corrected chi connectivity index (χ1v) is 10.5. The fourth-order valence-electron chi connectivity index (χ4n) is 3.08. The summed E-state index contributed by atoms with van der Waals surface area (Å²) in [6.07, 6.45) is 0. The van der Waals surface area contributed by atoms with E-state index in [0.29, 0.717) is 12.2 Å². The number of nitriles is 1. The van der Waals surface area contributed by atoms with Crippen LogP contribution in [0.1, 0.15) is 18.1 Å². The second kappa shape index (κ2) is 11.8. The Morgan fingerprint density at radius 3 is 2.40 bits per heavy atom. The highest BCUT2D eigenvalue weighted by molar-refractivity contribution is 5.82. The fraction of sp³-hybridized carbons (Fsp3) is 0.160. The van der Waals surface area contributed by atoms with Crippen molar-refractivity contribution in [2.45, 2.75) is 13.5 Å². The Bertz CT molecular complexity index is 1280. The minimum Gasteiger partial charge on any atom is -0.456 e. The van der Waals surface area contributed by atoms with Crippen LogP contribution in [0, 0.1) is 21.4 Å². The summed E-state index contributed by atoms with van der Waals surface area (Å²) in [6, 6.07) is 22.1. The van der Waals surface area contributed by atoms with E-state index in [-0.39, 0.29) is 35.9 Å². The third kappa shape index (κ3) is 7.30. The van der Waals surface area contributed by atoms with Gasteiger partial charge in [0.2, 0.25) is 0 Å². The first-order chi connectivity index (χ1) is 16.9. The second-order valence-corrected chi connectivity index (χ2v) is 7.49. The highest BCUT2D eigenvalue weighted by Gasteiger charge is 2.15. The van der Waals surface area contributed by atoms with Crippen LogP contribution in [0.3, 0.4) is 0 Å². The second-order valence-electron chi connectivity index (χ2n) is 7.49. The van der Waals surface area contributed by atoms with E-state index in [2.05, 4.69) is 10.2 Å². The third-order valence-electron chi connectivity index (χ3n) is 4.77. The molecule has 0 unspecified atom stereocenters. The van der Waals surface area contributed by atoms with Crippen molar-refractivity contribution in [3.8, 4) is 6.07 Å². The summed E-state index contributed by atoms with van der Waals surface area (Å²) in [5, 5.41) is 28.3. The molecule has 3 rings (SSSR count). The van der Waals surface area contributed by atoms with Crippen LogP contribution in [-0.4, -0.2) is 29.8 Å². The van der Waals surface area contributed by atoms with E-state index < -0.39 is 10.9 Å². The Balaban J connectivity index is 1.78. The van der Waals surface area contributed by atoms with Gasteiger partial charge >= 0.3 is 5.97 Å². The van der Waals surface area contributed by atoms with Gasteiger partial charge in [-0.2, -0.15) is 10.4 Å². The van der Waals surface area contributed by atoms with Gasteiger partial charge in [0.1, 0.15) is 24.9 Å². The van der Waals surface area contributed by atoms with Crippen molar-refractivity contribution in [3.05, 3.63) is 94.0 Å². The zero-order valence-corrected chi connectivity index (χ0v) is 18.8. The summed E-state index contributed by atoms with van der Waals surface area (Å²) in [6.45, 7) is 1.45. The van der Waals surface area contributed by atoms with Crippen LogP contribution in [0.25, 0.3) is 0 Å². The number of hydrogen-bond acceptors (Lipinski definition) is 9. The number of nitrogens with zero attached hydrogens (tertiary/aromatic N) is 5. The first-order valence-electron chi connectivity index (χ1n) is 10.5. The smallest absolute Gasteiger partial charge is 0.325 e. The summed E-state index contributed by atoms with van der Waals surface area (Å²) in [4.78, 5) is 35.5. The van der Waals surface area contributed by atoms with Gasteiger partial charge in [-0.3, -0.25) is 19.7 Å². The van der Waals surface area contributed by atoms with Crippen molar-refractivity contribution >= 4 is 34.5 Å². The van der Waals surface area contributed by atoms with Crippen LogP contribution >= 0.6 is 0 Å². The quantitative estimate of drug-likeness (QED) is 0.175. The van der Waals surface area contributed by atoms with E-state index >= 15 is 0 Å². The number of Topliss-reactive ketones (excluding diaryl/α,β-unsaturated/α-hetero) is 1. The van der Waals surface area contributed by atoms with Crippen LogP contribution < -0.4 is 4.90 Å². The number of carbonyl (C=O) groups excluding carboxylic acids is 2. The molecule has 0 aliphatic rings. The number of non-ortho nitro benzene ring substituents is 1. The monoisotopic (exact) mass is 471 g/mol. The molecule has 0 atom stereocenters. The number of nitro groups is 1. The molecule has 0 N–H and O–H groups in total. The van der Waals surface area contributed by atoms with Gasteiger partial charge in [0.25, 0.3) is 5.69 Å². The molecule has 0 amide bonds. The van der Waals surface area contributed by atoms with E-state index in [1.54, 1.807) is 24.3 Å². The Morgan fingerprint density at radius 1 is 1.06 bits per heavy atom. The predicted molar refractivity (Wildman–Crippen MR) is 128 cm³/mol. The molecule has 0 radical (unpaired) electrons. The lowest BCUT2D eigenvalue weighted by molar-refractivity contribution is -0.384. The molecule has 0 aliphatic heterocycles. The lowest BCUT2D eigenvalue weighted by Gasteiger charge is -2.24. The summed E-state index contributed by atoms with van der Waals surface area (Å²) >= 11 is 0. The average Bonchev–Trinajstić information content (AvgIpc) is 2.86. The maximum absolute atomic E-state index is 12.3.